The van der Waals surface area contributed by atoms with Gasteiger partial charge in [0.2, 0.25) is 0 Å². The number of fused-ring (bicyclic) bond motifs is 3. The lowest BCUT2D eigenvalue weighted by molar-refractivity contribution is -0.0505. The number of hydrogen-bond acceptors (Lipinski definition) is 6. The fraction of sp³-hybridized carbons (Fsp3) is 0.366. The minimum atomic E-state index is -0.902. The second-order valence-electron chi connectivity index (χ2n) is 13.4. The Kier molecular flexibility index (Phi) is 10.7. The highest BCUT2D eigenvalue weighted by Crippen LogP contribution is 2.39. The van der Waals surface area contributed by atoms with Crippen LogP contribution in [0.1, 0.15) is 57.9 Å². The zero-order valence-electron chi connectivity index (χ0n) is 28.3. The summed E-state index contributed by atoms with van der Waals surface area (Å²) in [4.78, 5) is 32.6. The Balaban J connectivity index is 1.05. The number of carboxylic acid groups (broad SMARTS) is 1. The Morgan fingerprint density at radius 1 is 0.820 bits per heavy atom. The number of piperidine rings is 3. The van der Waals surface area contributed by atoms with Crippen LogP contribution in [0.25, 0.3) is 0 Å². The molecule has 0 aromatic heterocycles. The van der Waals surface area contributed by atoms with Gasteiger partial charge < -0.3 is 29.1 Å². The fourth-order valence-corrected chi connectivity index (χ4v) is 7.60. The summed E-state index contributed by atoms with van der Waals surface area (Å²) in [5, 5.41) is 10.7. The van der Waals surface area contributed by atoms with E-state index in [1.165, 1.54) is 0 Å². The molecule has 260 valence electrons. The molecule has 0 spiro atoms. The van der Waals surface area contributed by atoms with E-state index < -0.39 is 12.1 Å². The summed E-state index contributed by atoms with van der Waals surface area (Å²) in [7, 11) is 0. The molecule has 4 aliphatic heterocycles. The standard InChI is InChI=1S/C41H45N3O6/c45-40(43(23-20-38-48-24-25-49-38)27-30-8-3-1-4-9-30)34-16-14-31(15-17-34)29-50-36-13-7-12-35(26-36)39(33-10-5-2-6-11-33)44(41(46)47)37-28-42-21-18-32(37)19-22-42/h1-17,26,32,37-39H,18-25,27-29H2,(H,46,47)/t37-,39?/m0/s1. The average molecular weight is 676 g/mol. The van der Waals surface area contributed by atoms with Crippen molar-refractivity contribution in [3.8, 4) is 5.75 Å². The number of benzene rings is 4. The van der Waals surface area contributed by atoms with Gasteiger partial charge in [-0.05, 0) is 78.4 Å². The summed E-state index contributed by atoms with van der Waals surface area (Å²) < 4.78 is 17.5. The van der Waals surface area contributed by atoms with Gasteiger partial charge >= 0.3 is 6.09 Å². The van der Waals surface area contributed by atoms with Crippen LogP contribution in [0.5, 0.6) is 5.75 Å². The number of carbonyl (C=O) groups excluding carboxylic acids is 1. The van der Waals surface area contributed by atoms with Gasteiger partial charge in [-0.2, -0.15) is 0 Å². The van der Waals surface area contributed by atoms with E-state index in [9.17, 15) is 14.7 Å². The van der Waals surface area contributed by atoms with Crippen LogP contribution in [0.2, 0.25) is 0 Å². The van der Waals surface area contributed by atoms with E-state index in [0.29, 0.717) is 56.6 Å². The van der Waals surface area contributed by atoms with E-state index in [-0.39, 0.29) is 18.2 Å². The molecule has 0 aliphatic carbocycles. The van der Waals surface area contributed by atoms with E-state index in [2.05, 4.69) is 4.90 Å². The van der Waals surface area contributed by atoms with Gasteiger partial charge in [0.15, 0.2) is 6.29 Å². The van der Waals surface area contributed by atoms with Gasteiger partial charge in [0.05, 0.1) is 25.3 Å². The topological polar surface area (TPSA) is 91.8 Å². The van der Waals surface area contributed by atoms with Crippen LogP contribution in [-0.4, -0.2) is 83.5 Å². The van der Waals surface area contributed by atoms with Crippen LogP contribution in [0, 0.1) is 5.92 Å². The molecule has 0 saturated carbocycles. The second kappa shape index (κ2) is 15.9. The monoisotopic (exact) mass is 675 g/mol. The van der Waals surface area contributed by atoms with Crippen molar-refractivity contribution >= 4 is 12.0 Å². The SMILES string of the molecule is O=C(c1ccc(COc2cccc(C(c3ccccc3)N(C(=O)O)[C@H]3CN4CCC3CC4)c2)cc1)N(CCC1OCCO1)Cc1ccccc1. The summed E-state index contributed by atoms with van der Waals surface area (Å²) in [5.41, 5.74) is 4.40. The zero-order chi connectivity index (χ0) is 34.3. The molecule has 0 radical (unpaired) electrons. The largest absolute Gasteiger partial charge is 0.489 e. The van der Waals surface area contributed by atoms with Crippen LogP contribution in [-0.2, 0) is 22.6 Å². The van der Waals surface area contributed by atoms with Crippen molar-refractivity contribution in [1.29, 1.82) is 0 Å². The number of ether oxygens (including phenoxy) is 3. The molecule has 9 heteroatoms. The van der Waals surface area contributed by atoms with Crippen molar-refractivity contribution in [1.82, 2.24) is 14.7 Å². The van der Waals surface area contributed by atoms with Crippen molar-refractivity contribution in [2.45, 2.75) is 50.8 Å². The van der Waals surface area contributed by atoms with Gasteiger partial charge in [0, 0.05) is 31.6 Å². The first-order valence-corrected chi connectivity index (χ1v) is 17.7. The first kappa shape index (κ1) is 33.8. The quantitative estimate of drug-likeness (QED) is 0.166. The highest BCUT2D eigenvalue weighted by atomic mass is 16.7. The molecule has 2 bridgehead atoms. The van der Waals surface area contributed by atoms with Crippen molar-refractivity contribution in [2.75, 3.05) is 39.4 Å². The molecule has 2 amide bonds. The van der Waals surface area contributed by atoms with Crippen molar-refractivity contribution in [3.63, 3.8) is 0 Å². The van der Waals surface area contributed by atoms with Gasteiger partial charge in [0.1, 0.15) is 12.4 Å². The number of rotatable bonds is 13. The molecule has 4 saturated heterocycles. The van der Waals surface area contributed by atoms with Crippen LogP contribution < -0.4 is 4.74 Å². The number of nitrogens with zero attached hydrogens (tertiary/aromatic N) is 3. The third kappa shape index (κ3) is 8.02. The summed E-state index contributed by atoms with van der Waals surface area (Å²) in [5.74, 6) is 0.968. The smallest absolute Gasteiger partial charge is 0.408 e. The van der Waals surface area contributed by atoms with E-state index in [1.807, 2.05) is 114 Å². The predicted octanol–water partition coefficient (Wildman–Crippen LogP) is 6.83. The molecule has 4 aromatic rings. The molecule has 1 N–H and O–H groups in total. The molecule has 2 atom stereocenters. The van der Waals surface area contributed by atoms with Crippen LogP contribution >= 0.6 is 0 Å². The summed E-state index contributed by atoms with van der Waals surface area (Å²) in [6.07, 6.45) is 1.48. The summed E-state index contributed by atoms with van der Waals surface area (Å²) >= 11 is 0. The Hall–Kier alpha value is -4.70. The Morgan fingerprint density at radius 2 is 1.50 bits per heavy atom. The van der Waals surface area contributed by atoms with Gasteiger partial charge in [-0.1, -0.05) is 84.9 Å². The first-order valence-electron chi connectivity index (χ1n) is 17.7. The van der Waals surface area contributed by atoms with Crippen molar-refractivity contribution < 1.29 is 28.9 Å². The molecule has 50 heavy (non-hydrogen) atoms. The molecule has 1 unspecified atom stereocenters. The highest BCUT2D eigenvalue weighted by molar-refractivity contribution is 5.94. The van der Waals surface area contributed by atoms with Crippen LogP contribution in [0.4, 0.5) is 4.79 Å². The third-order valence-electron chi connectivity index (χ3n) is 10.2. The van der Waals surface area contributed by atoms with E-state index in [0.717, 1.165) is 54.7 Å². The molecule has 4 fully saturated rings. The highest BCUT2D eigenvalue weighted by Gasteiger charge is 2.43. The van der Waals surface area contributed by atoms with E-state index >= 15 is 0 Å². The Bertz CT molecular complexity index is 1710. The minimum Gasteiger partial charge on any atom is -0.489 e. The molecule has 4 aliphatic rings. The van der Waals surface area contributed by atoms with Crippen LogP contribution in [0.3, 0.4) is 0 Å². The van der Waals surface area contributed by atoms with Crippen molar-refractivity contribution in [2.24, 2.45) is 5.92 Å². The maximum Gasteiger partial charge on any atom is 0.408 e. The normalized spacial score (nSPS) is 20.7. The van der Waals surface area contributed by atoms with Crippen molar-refractivity contribution in [3.05, 3.63) is 137 Å². The molecular weight excluding hydrogens is 630 g/mol. The lowest BCUT2D eigenvalue weighted by Gasteiger charge is -2.50. The van der Waals surface area contributed by atoms with Gasteiger partial charge in [-0.15, -0.1) is 0 Å². The third-order valence-corrected chi connectivity index (χ3v) is 10.2. The average Bonchev–Trinajstić information content (AvgIpc) is 3.70. The Morgan fingerprint density at radius 3 is 2.16 bits per heavy atom. The Labute approximate surface area is 294 Å². The van der Waals surface area contributed by atoms with E-state index in [1.54, 1.807) is 4.90 Å². The predicted molar refractivity (Wildman–Crippen MR) is 190 cm³/mol. The van der Waals surface area contributed by atoms with Gasteiger partial charge in [0.25, 0.3) is 5.91 Å². The lowest BCUT2D eigenvalue weighted by Crippen LogP contribution is -2.59. The number of carbonyl (C=O) groups is 2. The number of amides is 2. The van der Waals surface area contributed by atoms with E-state index in [4.69, 9.17) is 14.2 Å². The molecular formula is C41H45N3O6. The maximum atomic E-state index is 13.7. The minimum absolute atomic E-state index is 0.0510. The molecule has 4 aromatic carbocycles. The first-order chi connectivity index (χ1) is 24.5. The lowest BCUT2D eigenvalue weighted by atomic mass is 9.81. The molecule has 9 nitrogen and oxygen atoms in total. The molecule has 8 rings (SSSR count). The summed E-state index contributed by atoms with van der Waals surface area (Å²) in [6.45, 7) is 5.33. The second-order valence-corrected chi connectivity index (χ2v) is 13.4. The van der Waals surface area contributed by atoms with Gasteiger partial charge in [-0.25, -0.2) is 4.79 Å². The maximum absolute atomic E-state index is 13.7. The van der Waals surface area contributed by atoms with Crippen LogP contribution in [0.15, 0.2) is 109 Å². The molecule has 4 heterocycles. The summed E-state index contributed by atoms with van der Waals surface area (Å²) in [6, 6.07) is 34.7. The zero-order valence-corrected chi connectivity index (χ0v) is 28.3. The fourth-order valence-electron chi connectivity index (χ4n) is 7.60. The van der Waals surface area contributed by atoms with Gasteiger partial charge in [-0.3, -0.25) is 9.69 Å². The number of hydrogen-bond donors (Lipinski definition) is 1.